The van der Waals surface area contributed by atoms with E-state index in [2.05, 4.69) is 62.0 Å². The van der Waals surface area contributed by atoms with Crippen molar-refractivity contribution in [3.05, 3.63) is 91.3 Å². The van der Waals surface area contributed by atoms with Crippen LogP contribution in [0.25, 0.3) is 0 Å². The van der Waals surface area contributed by atoms with Crippen LogP contribution in [0.15, 0.2) is 74.7 Å². The Balaban J connectivity index is 1.43. The average Bonchev–Trinajstić information content (AvgIpc) is 3.30. The van der Waals surface area contributed by atoms with Crippen molar-refractivity contribution in [1.29, 1.82) is 0 Å². The maximum atomic E-state index is 6.58. The molecule has 2 atom stereocenters. The number of hydrogen-bond donors (Lipinski definition) is 0. The Kier molecular flexibility index (Phi) is 7.71. The van der Waals surface area contributed by atoms with Crippen LogP contribution in [0.4, 0.5) is 0 Å². The van der Waals surface area contributed by atoms with Gasteiger partial charge in [-0.25, -0.2) is 5.01 Å². The van der Waals surface area contributed by atoms with Crippen molar-refractivity contribution in [2.24, 2.45) is 5.10 Å². The largest absolute Gasteiger partial charge is 0.494 e. The van der Waals surface area contributed by atoms with Crippen molar-refractivity contribution in [1.82, 2.24) is 5.01 Å². The van der Waals surface area contributed by atoms with Crippen molar-refractivity contribution >= 4 is 49.2 Å². The number of rotatable bonds is 8. The number of hydrazone groups is 1. The number of fused-ring (bicyclic) bond motifs is 3. The fourth-order valence-corrected chi connectivity index (χ4v) is 6.08. The van der Waals surface area contributed by atoms with Crippen molar-refractivity contribution in [3.63, 3.8) is 0 Å². The molecule has 0 unspecified atom stereocenters. The molecule has 0 aliphatic carbocycles. The monoisotopic (exact) mass is 616 g/mol. The van der Waals surface area contributed by atoms with Gasteiger partial charge in [0.25, 0.3) is 0 Å². The zero-order valence-corrected chi connectivity index (χ0v) is 23.4. The van der Waals surface area contributed by atoms with Gasteiger partial charge in [0, 0.05) is 27.0 Å². The molecule has 0 N–H and O–H groups in total. The van der Waals surface area contributed by atoms with Crippen LogP contribution < -0.4 is 9.47 Å². The molecular weight excluding hydrogens is 592 g/mol. The van der Waals surface area contributed by atoms with E-state index >= 15 is 0 Å². The first-order valence-corrected chi connectivity index (χ1v) is 14.0. The summed E-state index contributed by atoms with van der Waals surface area (Å²) >= 11 is 13.5. The van der Waals surface area contributed by atoms with Crippen LogP contribution >= 0.6 is 43.5 Å². The average molecular weight is 619 g/mol. The highest BCUT2D eigenvalue weighted by molar-refractivity contribution is 9.11. The van der Waals surface area contributed by atoms with Gasteiger partial charge in [-0.1, -0.05) is 65.8 Å². The summed E-state index contributed by atoms with van der Waals surface area (Å²) in [5.41, 5.74) is 4.25. The molecule has 35 heavy (non-hydrogen) atoms. The van der Waals surface area contributed by atoms with Gasteiger partial charge in [-0.3, -0.25) is 0 Å². The fraction of sp³-hybridized carbons (Fsp3) is 0.321. The Morgan fingerprint density at radius 2 is 1.80 bits per heavy atom. The van der Waals surface area contributed by atoms with Gasteiger partial charge >= 0.3 is 0 Å². The fourth-order valence-electron chi connectivity index (χ4n) is 4.60. The van der Waals surface area contributed by atoms with Gasteiger partial charge in [0.1, 0.15) is 11.5 Å². The number of benzene rings is 3. The van der Waals surface area contributed by atoms with E-state index in [1.807, 2.05) is 42.5 Å². The van der Waals surface area contributed by atoms with E-state index in [-0.39, 0.29) is 12.3 Å². The Morgan fingerprint density at radius 3 is 2.54 bits per heavy atom. The summed E-state index contributed by atoms with van der Waals surface area (Å²) in [5, 5.41) is 7.86. The molecule has 5 rings (SSSR count). The zero-order valence-electron chi connectivity index (χ0n) is 19.5. The molecule has 0 bridgehead atoms. The minimum absolute atomic E-state index is 0.0673. The molecule has 3 aromatic rings. The first-order valence-electron chi connectivity index (χ1n) is 12.0. The molecule has 0 amide bonds. The van der Waals surface area contributed by atoms with Gasteiger partial charge in [0.15, 0.2) is 0 Å². The van der Waals surface area contributed by atoms with Crippen LogP contribution in [-0.2, 0) is 0 Å². The predicted molar refractivity (Wildman–Crippen MR) is 148 cm³/mol. The summed E-state index contributed by atoms with van der Waals surface area (Å²) in [4.78, 5) is 0. The number of halogens is 3. The lowest BCUT2D eigenvalue weighted by atomic mass is 9.96. The molecule has 7 heteroatoms. The van der Waals surface area contributed by atoms with E-state index in [1.165, 1.54) is 19.3 Å². The maximum Gasteiger partial charge on any atom is 0.213 e. The SMILES string of the molecule is CCCCCCOc1ccc([C@@H]2Oc3c(Br)cc(Br)cc3[C@@H]3CC(c4ccc(Cl)cc4)=NN32)cc1. The quantitative estimate of drug-likeness (QED) is 0.236. The molecule has 0 saturated carbocycles. The molecule has 3 aromatic carbocycles. The van der Waals surface area contributed by atoms with E-state index in [0.717, 1.165) is 67.3 Å². The lowest BCUT2D eigenvalue weighted by Gasteiger charge is -2.38. The summed E-state index contributed by atoms with van der Waals surface area (Å²) in [6.45, 7) is 2.97. The van der Waals surface area contributed by atoms with Crippen LogP contribution in [0, 0.1) is 0 Å². The van der Waals surface area contributed by atoms with Gasteiger partial charge in [0.05, 0.1) is 22.8 Å². The van der Waals surface area contributed by atoms with E-state index in [4.69, 9.17) is 26.2 Å². The predicted octanol–water partition coefficient (Wildman–Crippen LogP) is 9.07. The lowest BCUT2D eigenvalue weighted by Crippen LogP contribution is -2.33. The van der Waals surface area contributed by atoms with Gasteiger partial charge in [-0.05, 0) is 76.4 Å². The van der Waals surface area contributed by atoms with Gasteiger partial charge in [0.2, 0.25) is 6.23 Å². The highest BCUT2D eigenvalue weighted by Gasteiger charge is 2.42. The van der Waals surface area contributed by atoms with Crippen LogP contribution in [-0.4, -0.2) is 17.3 Å². The third kappa shape index (κ3) is 5.40. The Bertz CT molecular complexity index is 1210. The smallest absolute Gasteiger partial charge is 0.213 e. The van der Waals surface area contributed by atoms with Gasteiger partial charge < -0.3 is 9.47 Å². The summed E-state index contributed by atoms with van der Waals surface area (Å²) in [6, 6.07) is 20.3. The summed E-state index contributed by atoms with van der Waals surface area (Å²) < 4.78 is 14.5. The van der Waals surface area contributed by atoms with Gasteiger partial charge in [-0.2, -0.15) is 5.10 Å². The second-order valence-corrected chi connectivity index (χ2v) is 11.1. The van der Waals surface area contributed by atoms with Crippen molar-refractivity contribution in [2.75, 3.05) is 6.61 Å². The Hall–Kier alpha value is -2.02. The molecule has 0 radical (unpaired) electrons. The highest BCUT2D eigenvalue weighted by Crippen LogP contribution is 2.51. The molecule has 2 heterocycles. The van der Waals surface area contributed by atoms with Crippen LogP contribution in [0.5, 0.6) is 11.5 Å². The Labute approximate surface area is 228 Å². The topological polar surface area (TPSA) is 34.1 Å². The molecule has 0 aromatic heterocycles. The zero-order chi connectivity index (χ0) is 24.4. The normalized spacial score (nSPS) is 18.5. The number of hydrogen-bond acceptors (Lipinski definition) is 4. The number of ether oxygens (including phenoxy) is 2. The number of unbranched alkanes of at least 4 members (excludes halogenated alkanes) is 3. The number of nitrogens with zero attached hydrogens (tertiary/aromatic N) is 2. The third-order valence-electron chi connectivity index (χ3n) is 6.42. The Morgan fingerprint density at radius 1 is 1.03 bits per heavy atom. The van der Waals surface area contributed by atoms with Crippen molar-refractivity contribution < 1.29 is 9.47 Å². The molecule has 2 aliphatic rings. The lowest BCUT2D eigenvalue weighted by molar-refractivity contribution is -0.0197. The van der Waals surface area contributed by atoms with E-state index in [0.29, 0.717) is 0 Å². The highest BCUT2D eigenvalue weighted by atomic mass is 79.9. The minimum atomic E-state index is -0.339. The molecule has 0 saturated heterocycles. The van der Waals surface area contributed by atoms with Crippen molar-refractivity contribution in [3.8, 4) is 11.5 Å². The van der Waals surface area contributed by atoms with Gasteiger partial charge in [-0.15, -0.1) is 0 Å². The first-order chi connectivity index (χ1) is 17.0. The molecule has 182 valence electrons. The van der Waals surface area contributed by atoms with E-state index < -0.39 is 0 Å². The van der Waals surface area contributed by atoms with Crippen LogP contribution in [0.3, 0.4) is 0 Å². The third-order valence-corrected chi connectivity index (χ3v) is 7.72. The molecule has 4 nitrogen and oxygen atoms in total. The van der Waals surface area contributed by atoms with Crippen LogP contribution in [0.2, 0.25) is 5.02 Å². The van der Waals surface area contributed by atoms with E-state index in [9.17, 15) is 0 Å². The molecular formula is C28H27Br2ClN2O2. The maximum absolute atomic E-state index is 6.58. The van der Waals surface area contributed by atoms with Crippen molar-refractivity contribution in [2.45, 2.75) is 51.3 Å². The second kappa shape index (κ2) is 10.9. The molecule has 0 spiro atoms. The summed E-state index contributed by atoms with van der Waals surface area (Å²) in [7, 11) is 0. The summed E-state index contributed by atoms with van der Waals surface area (Å²) in [5.74, 6) is 1.75. The minimum Gasteiger partial charge on any atom is -0.494 e. The summed E-state index contributed by atoms with van der Waals surface area (Å²) in [6.07, 6.45) is 5.22. The van der Waals surface area contributed by atoms with Crippen LogP contribution in [0.1, 0.15) is 68.0 Å². The standard InChI is InChI=1S/C28H27Br2ClN2O2/c1-2-3-4-5-14-34-22-12-8-19(9-13-22)28-33-26(23-15-20(29)16-24(30)27(23)35-28)17-25(32-33)18-6-10-21(31)11-7-18/h6-13,15-16,26,28H,2-5,14,17H2,1H3/t26-,28-/m0/s1. The second-order valence-electron chi connectivity index (χ2n) is 8.91. The first kappa shape index (κ1) is 24.7. The van der Waals surface area contributed by atoms with E-state index in [1.54, 1.807) is 0 Å². The molecule has 2 aliphatic heterocycles. The molecule has 0 fully saturated rings.